The van der Waals surface area contributed by atoms with E-state index in [2.05, 4.69) is 10.3 Å². The van der Waals surface area contributed by atoms with Gasteiger partial charge in [0.25, 0.3) is 5.91 Å². The van der Waals surface area contributed by atoms with Gasteiger partial charge in [-0.1, -0.05) is 54.6 Å². The van der Waals surface area contributed by atoms with Crippen LogP contribution in [0.5, 0.6) is 0 Å². The molecule has 3 aromatic carbocycles. The molecule has 0 saturated heterocycles. The third-order valence-electron chi connectivity index (χ3n) is 4.71. The minimum absolute atomic E-state index is 0.0383. The Kier molecular flexibility index (Phi) is 3.66. The third-order valence-corrected chi connectivity index (χ3v) is 4.71. The molecule has 134 valence electrons. The first-order valence-corrected chi connectivity index (χ1v) is 8.82. The molecule has 0 fully saturated rings. The molecule has 1 amide bonds. The number of nitrogens with zero attached hydrogens (tertiary/aromatic N) is 1. The predicted molar refractivity (Wildman–Crippen MR) is 110 cm³/mol. The van der Waals surface area contributed by atoms with E-state index in [4.69, 9.17) is 4.42 Å². The molecular formula is C23H14N2O3. The number of benzene rings is 3. The van der Waals surface area contributed by atoms with Crippen molar-refractivity contribution in [1.82, 2.24) is 4.98 Å². The van der Waals surface area contributed by atoms with Crippen LogP contribution in [0.15, 0.2) is 88.1 Å². The normalized spacial score (nSPS) is 11.1. The van der Waals surface area contributed by atoms with Crippen molar-refractivity contribution < 1.29 is 9.21 Å². The van der Waals surface area contributed by atoms with Crippen LogP contribution in [-0.2, 0) is 0 Å². The Morgan fingerprint density at radius 1 is 0.821 bits per heavy atom. The molecule has 1 N–H and O–H groups in total. The molecule has 5 rings (SSSR count). The van der Waals surface area contributed by atoms with Crippen molar-refractivity contribution in [2.45, 2.75) is 0 Å². The van der Waals surface area contributed by atoms with Crippen LogP contribution >= 0.6 is 0 Å². The molecule has 0 unspecified atom stereocenters. The number of carbonyl (C=O) groups is 1. The summed E-state index contributed by atoms with van der Waals surface area (Å²) in [5.74, 6) is -0.513. The van der Waals surface area contributed by atoms with Crippen molar-refractivity contribution in [3.8, 4) is 0 Å². The molecule has 0 bridgehead atoms. The van der Waals surface area contributed by atoms with E-state index in [1.165, 1.54) is 0 Å². The van der Waals surface area contributed by atoms with E-state index < -0.39 is 11.5 Å². The quantitative estimate of drug-likeness (QED) is 0.362. The monoisotopic (exact) mass is 366 g/mol. The van der Waals surface area contributed by atoms with Gasteiger partial charge >= 0.3 is 5.63 Å². The summed E-state index contributed by atoms with van der Waals surface area (Å²) in [4.78, 5) is 30.0. The number of hydrogen-bond acceptors (Lipinski definition) is 4. The Balaban J connectivity index is 1.68. The first-order chi connectivity index (χ1) is 13.7. The lowest BCUT2D eigenvalue weighted by Gasteiger charge is -2.12. The highest BCUT2D eigenvalue weighted by Crippen LogP contribution is 2.30. The van der Waals surface area contributed by atoms with Crippen molar-refractivity contribution in [2.24, 2.45) is 0 Å². The lowest BCUT2D eigenvalue weighted by Crippen LogP contribution is -2.21. The van der Waals surface area contributed by atoms with E-state index in [0.29, 0.717) is 16.7 Å². The third kappa shape index (κ3) is 2.61. The van der Waals surface area contributed by atoms with Crippen LogP contribution in [0.25, 0.3) is 32.8 Å². The second-order valence-electron chi connectivity index (χ2n) is 6.46. The van der Waals surface area contributed by atoms with Crippen molar-refractivity contribution >= 4 is 44.4 Å². The Bertz CT molecular complexity index is 1380. The lowest BCUT2D eigenvalue weighted by molar-refractivity contribution is 0.102. The second-order valence-corrected chi connectivity index (χ2v) is 6.46. The zero-order valence-electron chi connectivity index (χ0n) is 14.7. The summed E-state index contributed by atoms with van der Waals surface area (Å²) in [5.41, 5.74) is 1.90. The number of nitrogens with one attached hydrogen (secondary N) is 1. The fourth-order valence-electron chi connectivity index (χ4n) is 3.38. The van der Waals surface area contributed by atoms with Crippen LogP contribution in [0.2, 0.25) is 0 Å². The van der Waals surface area contributed by atoms with Gasteiger partial charge in [-0.3, -0.25) is 4.79 Å². The average Bonchev–Trinajstić information content (AvgIpc) is 2.73. The van der Waals surface area contributed by atoms with Gasteiger partial charge in [0.2, 0.25) is 0 Å². The molecule has 2 heterocycles. The summed E-state index contributed by atoms with van der Waals surface area (Å²) in [6.45, 7) is 0. The van der Waals surface area contributed by atoms with Gasteiger partial charge in [-0.15, -0.1) is 0 Å². The van der Waals surface area contributed by atoms with E-state index in [9.17, 15) is 9.59 Å². The van der Waals surface area contributed by atoms with Gasteiger partial charge in [0, 0.05) is 16.2 Å². The molecule has 5 aromatic rings. The first-order valence-electron chi connectivity index (χ1n) is 8.82. The largest absolute Gasteiger partial charge is 0.422 e. The number of aromatic nitrogens is 1. The number of para-hydroxylation sites is 3. The second kappa shape index (κ2) is 6.32. The van der Waals surface area contributed by atoms with E-state index in [1.54, 1.807) is 24.3 Å². The molecule has 28 heavy (non-hydrogen) atoms. The maximum Gasteiger partial charge on any atom is 0.349 e. The van der Waals surface area contributed by atoms with Crippen LogP contribution in [0.1, 0.15) is 10.4 Å². The van der Waals surface area contributed by atoms with Crippen LogP contribution in [0, 0.1) is 0 Å². The van der Waals surface area contributed by atoms with Crippen LogP contribution in [0.3, 0.4) is 0 Å². The summed E-state index contributed by atoms with van der Waals surface area (Å²) in [6.07, 6.45) is 0. The molecule has 0 aliphatic carbocycles. The fourth-order valence-corrected chi connectivity index (χ4v) is 3.38. The number of anilines is 1. The number of hydrogen-bond donors (Lipinski definition) is 1. The van der Waals surface area contributed by atoms with Crippen LogP contribution < -0.4 is 10.9 Å². The molecule has 0 aliphatic rings. The summed E-state index contributed by atoms with van der Waals surface area (Å²) < 4.78 is 5.30. The number of pyridine rings is 1. The van der Waals surface area contributed by atoms with E-state index >= 15 is 0 Å². The lowest BCUT2D eigenvalue weighted by atomic mass is 10.1. The molecule has 2 aromatic heterocycles. The molecule has 5 nitrogen and oxygen atoms in total. The Hall–Kier alpha value is -3.99. The van der Waals surface area contributed by atoms with Crippen molar-refractivity contribution in [2.75, 3.05) is 5.32 Å². The smallest absolute Gasteiger partial charge is 0.349 e. The molecule has 0 radical (unpaired) electrons. The number of fused-ring (bicyclic) bond motifs is 3. The molecule has 0 aliphatic heterocycles. The SMILES string of the molecule is O=C(Nc1c2ccccc2nc2ccccc12)c1cc2ccccc2oc1=O. The number of rotatable bonds is 2. The Labute approximate surface area is 159 Å². The van der Waals surface area contributed by atoms with E-state index in [-0.39, 0.29) is 5.56 Å². The maximum atomic E-state index is 13.0. The minimum atomic E-state index is -0.668. The van der Waals surface area contributed by atoms with Crippen LogP contribution in [0.4, 0.5) is 5.69 Å². The van der Waals surface area contributed by atoms with Crippen molar-refractivity contribution in [3.63, 3.8) is 0 Å². The molecule has 5 heteroatoms. The highest BCUT2D eigenvalue weighted by molar-refractivity contribution is 6.16. The summed E-state index contributed by atoms with van der Waals surface area (Å²) in [7, 11) is 0. The van der Waals surface area contributed by atoms with Crippen molar-refractivity contribution in [3.05, 3.63) is 94.8 Å². The highest BCUT2D eigenvalue weighted by atomic mass is 16.4. The average molecular weight is 366 g/mol. The highest BCUT2D eigenvalue weighted by Gasteiger charge is 2.17. The number of amides is 1. The van der Waals surface area contributed by atoms with Crippen molar-refractivity contribution in [1.29, 1.82) is 0 Å². The van der Waals surface area contributed by atoms with Gasteiger partial charge in [0.05, 0.1) is 16.7 Å². The fraction of sp³-hybridized carbons (Fsp3) is 0. The van der Waals surface area contributed by atoms with Crippen LogP contribution in [-0.4, -0.2) is 10.9 Å². The summed E-state index contributed by atoms with van der Waals surface area (Å²) in [6, 6.07) is 23.8. The topological polar surface area (TPSA) is 72.2 Å². The van der Waals surface area contributed by atoms with Gasteiger partial charge in [0.1, 0.15) is 11.1 Å². The van der Waals surface area contributed by atoms with Gasteiger partial charge in [0.15, 0.2) is 0 Å². The van der Waals surface area contributed by atoms with E-state index in [1.807, 2.05) is 54.6 Å². The van der Waals surface area contributed by atoms with E-state index in [0.717, 1.165) is 21.8 Å². The molecule has 0 spiro atoms. The Morgan fingerprint density at radius 3 is 2.14 bits per heavy atom. The number of carbonyl (C=O) groups excluding carboxylic acids is 1. The zero-order chi connectivity index (χ0) is 19.1. The predicted octanol–water partition coefficient (Wildman–Crippen LogP) is 4.75. The summed E-state index contributed by atoms with van der Waals surface area (Å²) >= 11 is 0. The molecular weight excluding hydrogens is 352 g/mol. The minimum Gasteiger partial charge on any atom is -0.422 e. The first kappa shape index (κ1) is 16.2. The van der Waals surface area contributed by atoms with Gasteiger partial charge in [-0.05, 0) is 24.3 Å². The molecule has 0 atom stereocenters. The summed E-state index contributed by atoms with van der Waals surface area (Å²) in [5, 5.41) is 5.21. The standard InChI is InChI=1S/C23H14N2O3/c26-22(17-13-14-7-1-6-12-20(14)28-23(17)27)25-21-15-8-2-4-10-18(15)24-19-11-5-3-9-16(19)21/h1-13H,(H,24,25,26). The maximum absolute atomic E-state index is 13.0. The van der Waals surface area contributed by atoms with Gasteiger partial charge in [-0.25, -0.2) is 9.78 Å². The molecule has 0 saturated carbocycles. The van der Waals surface area contributed by atoms with Gasteiger partial charge < -0.3 is 9.73 Å². The zero-order valence-corrected chi connectivity index (χ0v) is 14.7. The van der Waals surface area contributed by atoms with Gasteiger partial charge in [-0.2, -0.15) is 0 Å². The Morgan fingerprint density at radius 2 is 1.43 bits per heavy atom.